The van der Waals surface area contributed by atoms with E-state index in [1.807, 2.05) is 0 Å². The van der Waals surface area contributed by atoms with Gasteiger partial charge in [-0.1, -0.05) is 23.7 Å². The van der Waals surface area contributed by atoms with Crippen LogP contribution < -0.4 is 20.2 Å². The first-order valence-electron chi connectivity index (χ1n) is 9.77. The van der Waals surface area contributed by atoms with Gasteiger partial charge in [0.15, 0.2) is 0 Å². The van der Waals surface area contributed by atoms with E-state index in [1.165, 1.54) is 13.3 Å². The van der Waals surface area contributed by atoms with Crippen molar-refractivity contribution in [3.8, 4) is 11.5 Å². The lowest BCUT2D eigenvalue weighted by molar-refractivity contribution is -0.120. The number of hydrazone groups is 1. The number of nitrogens with one attached hydrogen (secondary N) is 2. The van der Waals surface area contributed by atoms with Gasteiger partial charge < -0.3 is 14.8 Å². The molecule has 3 aromatic rings. The average molecular weight is 466 g/mol. The zero-order valence-electron chi connectivity index (χ0n) is 17.6. The molecule has 0 atom stereocenters. The number of amides is 2. The number of halogens is 1. The van der Waals surface area contributed by atoms with E-state index in [9.17, 15) is 14.4 Å². The van der Waals surface area contributed by atoms with Crippen LogP contribution in [-0.2, 0) is 4.79 Å². The quantitative estimate of drug-likeness (QED) is 0.229. The van der Waals surface area contributed by atoms with Gasteiger partial charge in [0, 0.05) is 5.56 Å². The Morgan fingerprint density at radius 1 is 0.939 bits per heavy atom. The molecule has 168 valence electrons. The molecule has 0 heterocycles. The molecule has 0 aliphatic heterocycles. The molecule has 0 unspecified atom stereocenters. The third-order valence-electron chi connectivity index (χ3n) is 4.35. The van der Waals surface area contributed by atoms with Gasteiger partial charge in [0.25, 0.3) is 11.8 Å². The van der Waals surface area contributed by atoms with Crippen LogP contribution in [-0.4, -0.2) is 37.7 Å². The highest BCUT2D eigenvalue weighted by atomic mass is 35.5. The standard InChI is InChI=1S/C24H20ClN3O5/c1-32-18-12-8-17(9-13-18)23(30)26-15-22(29)28-27-14-16-6-10-19(11-7-16)33-24(31)20-4-2-3-5-21(20)25/h2-14H,15H2,1H3,(H,26,30)(H,28,29)/b27-14+. The molecule has 2 N–H and O–H groups in total. The first-order valence-corrected chi connectivity index (χ1v) is 10.1. The Bertz CT molecular complexity index is 1160. The highest BCUT2D eigenvalue weighted by Gasteiger charge is 2.12. The molecule has 0 fully saturated rings. The summed E-state index contributed by atoms with van der Waals surface area (Å²) < 4.78 is 10.3. The molecule has 33 heavy (non-hydrogen) atoms. The lowest BCUT2D eigenvalue weighted by atomic mass is 10.2. The van der Waals surface area contributed by atoms with Crippen molar-refractivity contribution in [2.75, 3.05) is 13.7 Å². The number of carbonyl (C=O) groups is 3. The molecular weight excluding hydrogens is 446 g/mol. The number of carbonyl (C=O) groups excluding carboxylic acids is 3. The van der Waals surface area contributed by atoms with Crippen LogP contribution in [0.4, 0.5) is 0 Å². The first-order chi connectivity index (χ1) is 16.0. The predicted octanol–water partition coefficient (Wildman–Crippen LogP) is 3.45. The Hall–Kier alpha value is -4.17. The normalized spacial score (nSPS) is 10.5. The van der Waals surface area contributed by atoms with Gasteiger partial charge in [-0.3, -0.25) is 9.59 Å². The zero-order valence-corrected chi connectivity index (χ0v) is 18.3. The van der Waals surface area contributed by atoms with Gasteiger partial charge in [-0.05, 0) is 66.2 Å². The second kappa shape index (κ2) is 11.4. The molecule has 9 heteroatoms. The maximum Gasteiger partial charge on any atom is 0.345 e. The van der Waals surface area contributed by atoms with Crippen molar-refractivity contribution < 1.29 is 23.9 Å². The molecule has 3 aromatic carbocycles. The number of hydrogen-bond acceptors (Lipinski definition) is 6. The molecule has 3 rings (SSSR count). The molecule has 0 spiro atoms. The summed E-state index contributed by atoms with van der Waals surface area (Å²) in [7, 11) is 1.53. The van der Waals surface area contributed by atoms with Gasteiger partial charge in [0.2, 0.25) is 0 Å². The highest BCUT2D eigenvalue weighted by Crippen LogP contribution is 2.19. The van der Waals surface area contributed by atoms with Crippen LogP contribution in [0.1, 0.15) is 26.3 Å². The SMILES string of the molecule is COc1ccc(C(=O)NCC(=O)N/N=C/c2ccc(OC(=O)c3ccccc3Cl)cc2)cc1. The van der Waals surface area contributed by atoms with E-state index < -0.39 is 17.8 Å². The summed E-state index contributed by atoms with van der Waals surface area (Å²) in [6.07, 6.45) is 1.42. The van der Waals surface area contributed by atoms with Gasteiger partial charge in [-0.25, -0.2) is 10.2 Å². The van der Waals surface area contributed by atoms with Crippen molar-refractivity contribution in [1.82, 2.24) is 10.7 Å². The minimum absolute atomic E-state index is 0.237. The fourth-order valence-corrected chi connectivity index (χ4v) is 2.85. The van der Waals surface area contributed by atoms with E-state index >= 15 is 0 Å². The lowest BCUT2D eigenvalue weighted by Crippen LogP contribution is -2.34. The van der Waals surface area contributed by atoms with Crippen molar-refractivity contribution in [1.29, 1.82) is 0 Å². The maximum absolute atomic E-state index is 12.2. The Morgan fingerprint density at radius 3 is 2.27 bits per heavy atom. The van der Waals surface area contributed by atoms with Gasteiger partial charge in [0.05, 0.1) is 30.5 Å². The van der Waals surface area contributed by atoms with Gasteiger partial charge >= 0.3 is 5.97 Å². The maximum atomic E-state index is 12.2. The summed E-state index contributed by atoms with van der Waals surface area (Å²) in [5, 5.41) is 6.66. The van der Waals surface area contributed by atoms with Crippen LogP contribution in [0, 0.1) is 0 Å². The Morgan fingerprint density at radius 2 is 1.61 bits per heavy atom. The number of rotatable bonds is 8. The third kappa shape index (κ3) is 6.91. The van der Waals surface area contributed by atoms with Gasteiger partial charge in [-0.2, -0.15) is 5.10 Å². The minimum Gasteiger partial charge on any atom is -0.497 e. The number of esters is 1. The second-order valence-corrected chi connectivity index (χ2v) is 7.05. The van der Waals surface area contributed by atoms with Crippen molar-refractivity contribution in [3.05, 3.63) is 94.5 Å². The van der Waals surface area contributed by atoms with E-state index in [4.69, 9.17) is 21.1 Å². The van der Waals surface area contributed by atoms with Crippen LogP contribution in [0.5, 0.6) is 11.5 Å². The molecular formula is C24H20ClN3O5. The van der Waals surface area contributed by atoms with E-state index in [0.717, 1.165) is 0 Å². The molecule has 2 amide bonds. The van der Waals surface area contributed by atoms with E-state index in [1.54, 1.807) is 72.8 Å². The number of methoxy groups -OCH3 is 1. The molecule has 0 saturated carbocycles. The van der Waals surface area contributed by atoms with Crippen molar-refractivity contribution >= 4 is 35.6 Å². The number of hydrogen-bond donors (Lipinski definition) is 2. The Labute approximate surface area is 195 Å². The Balaban J connectivity index is 1.45. The summed E-state index contributed by atoms with van der Waals surface area (Å²) in [6, 6.07) is 19.6. The molecule has 0 radical (unpaired) electrons. The van der Waals surface area contributed by atoms with E-state index in [0.29, 0.717) is 27.6 Å². The molecule has 0 aromatic heterocycles. The van der Waals surface area contributed by atoms with Crippen LogP contribution in [0.25, 0.3) is 0 Å². The summed E-state index contributed by atoms with van der Waals surface area (Å²) in [5.74, 6) is -0.476. The topological polar surface area (TPSA) is 106 Å². The fourth-order valence-electron chi connectivity index (χ4n) is 2.63. The first kappa shape index (κ1) is 23.5. The summed E-state index contributed by atoms with van der Waals surface area (Å²) in [4.78, 5) is 36.1. The number of ether oxygens (including phenoxy) is 2. The molecule has 0 aliphatic rings. The van der Waals surface area contributed by atoms with Crippen molar-refractivity contribution in [2.24, 2.45) is 5.10 Å². The van der Waals surface area contributed by atoms with Crippen LogP contribution >= 0.6 is 11.6 Å². The lowest BCUT2D eigenvalue weighted by Gasteiger charge is -2.06. The predicted molar refractivity (Wildman–Crippen MR) is 124 cm³/mol. The Kier molecular flexibility index (Phi) is 8.15. The summed E-state index contributed by atoms with van der Waals surface area (Å²) >= 11 is 5.99. The smallest absolute Gasteiger partial charge is 0.345 e. The average Bonchev–Trinajstić information content (AvgIpc) is 2.84. The van der Waals surface area contributed by atoms with Crippen molar-refractivity contribution in [3.63, 3.8) is 0 Å². The van der Waals surface area contributed by atoms with Gasteiger partial charge in [-0.15, -0.1) is 0 Å². The largest absolute Gasteiger partial charge is 0.497 e. The third-order valence-corrected chi connectivity index (χ3v) is 4.68. The second-order valence-electron chi connectivity index (χ2n) is 6.64. The summed E-state index contributed by atoms with van der Waals surface area (Å²) in [6.45, 7) is -0.237. The zero-order chi connectivity index (χ0) is 23.6. The highest BCUT2D eigenvalue weighted by molar-refractivity contribution is 6.33. The monoisotopic (exact) mass is 465 g/mol. The molecule has 8 nitrogen and oxygen atoms in total. The van der Waals surface area contributed by atoms with Crippen LogP contribution in [0.2, 0.25) is 5.02 Å². The minimum atomic E-state index is -0.564. The fraction of sp³-hybridized carbons (Fsp3) is 0.0833. The number of benzene rings is 3. The number of nitrogens with zero attached hydrogens (tertiary/aromatic N) is 1. The molecule has 0 bridgehead atoms. The molecule has 0 saturated heterocycles. The van der Waals surface area contributed by atoms with Crippen LogP contribution in [0.3, 0.4) is 0 Å². The van der Waals surface area contributed by atoms with E-state index in [2.05, 4.69) is 15.8 Å². The molecule has 0 aliphatic carbocycles. The van der Waals surface area contributed by atoms with E-state index in [-0.39, 0.29) is 12.1 Å². The summed E-state index contributed by atoms with van der Waals surface area (Å²) in [5.41, 5.74) is 3.66. The van der Waals surface area contributed by atoms with Crippen molar-refractivity contribution in [2.45, 2.75) is 0 Å². The van der Waals surface area contributed by atoms with Gasteiger partial charge in [0.1, 0.15) is 11.5 Å². The van der Waals surface area contributed by atoms with Crippen LogP contribution in [0.15, 0.2) is 77.9 Å².